The topological polar surface area (TPSA) is 94.5 Å². The molecule has 2 aromatic heterocycles. The largest absolute Gasteiger partial charge is 0.508 e. The van der Waals surface area contributed by atoms with E-state index in [1.165, 1.54) is 11.8 Å². The first-order chi connectivity index (χ1) is 10.1. The summed E-state index contributed by atoms with van der Waals surface area (Å²) in [5, 5.41) is 29.8. The van der Waals surface area contributed by atoms with E-state index in [2.05, 4.69) is 25.7 Å². The molecule has 0 atom stereocenters. The predicted octanol–water partition coefficient (Wildman–Crippen LogP) is 1.10. The van der Waals surface area contributed by atoms with Gasteiger partial charge in [-0.2, -0.15) is 4.68 Å². The summed E-state index contributed by atoms with van der Waals surface area (Å²) in [4.78, 5) is 0. The van der Waals surface area contributed by atoms with Crippen molar-refractivity contribution in [3.8, 4) is 11.4 Å². The number of hydrogen-bond acceptors (Lipinski definition) is 7. The highest BCUT2D eigenvalue weighted by atomic mass is 32.2. The number of benzene rings is 1. The molecule has 8 nitrogen and oxygen atoms in total. The lowest BCUT2D eigenvalue weighted by atomic mass is 10.3. The highest BCUT2D eigenvalue weighted by Crippen LogP contribution is 2.22. The van der Waals surface area contributed by atoms with Crippen molar-refractivity contribution in [2.24, 2.45) is 7.05 Å². The molecule has 0 amide bonds. The Hall–Kier alpha value is -2.42. The van der Waals surface area contributed by atoms with Crippen LogP contribution in [0.1, 0.15) is 11.6 Å². The second kappa shape index (κ2) is 5.52. The van der Waals surface area contributed by atoms with Crippen molar-refractivity contribution in [3.63, 3.8) is 0 Å². The lowest BCUT2D eigenvalue weighted by Gasteiger charge is -2.04. The number of thioether (sulfide) groups is 1. The van der Waals surface area contributed by atoms with Crippen LogP contribution in [0.25, 0.3) is 5.69 Å². The summed E-state index contributed by atoms with van der Waals surface area (Å²) in [7, 11) is 1.92. The van der Waals surface area contributed by atoms with Crippen LogP contribution in [0.5, 0.6) is 5.75 Å². The molecule has 1 N–H and O–H groups in total. The second-order valence-corrected chi connectivity index (χ2v) is 5.34. The van der Waals surface area contributed by atoms with Crippen molar-refractivity contribution in [2.75, 3.05) is 0 Å². The lowest BCUT2D eigenvalue weighted by molar-refractivity contribution is 0.475. The van der Waals surface area contributed by atoms with Crippen molar-refractivity contribution in [1.82, 2.24) is 35.0 Å². The first-order valence-electron chi connectivity index (χ1n) is 6.20. The van der Waals surface area contributed by atoms with Gasteiger partial charge in [-0.1, -0.05) is 11.8 Å². The van der Waals surface area contributed by atoms with E-state index in [1.54, 1.807) is 28.9 Å². The van der Waals surface area contributed by atoms with Gasteiger partial charge in [-0.25, -0.2) is 0 Å². The van der Waals surface area contributed by atoms with Crippen molar-refractivity contribution < 1.29 is 5.11 Å². The molecule has 0 spiro atoms. The zero-order valence-corrected chi connectivity index (χ0v) is 12.3. The second-order valence-electron chi connectivity index (χ2n) is 4.40. The van der Waals surface area contributed by atoms with Crippen LogP contribution in [0.15, 0.2) is 29.4 Å². The highest BCUT2D eigenvalue weighted by molar-refractivity contribution is 7.98. The normalized spacial score (nSPS) is 11.0. The summed E-state index contributed by atoms with van der Waals surface area (Å²) < 4.78 is 3.55. The molecular formula is C12H13N7OS. The molecule has 0 saturated heterocycles. The number of rotatable bonds is 4. The highest BCUT2D eigenvalue weighted by Gasteiger charge is 2.12. The van der Waals surface area contributed by atoms with E-state index in [9.17, 15) is 5.11 Å². The predicted molar refractivity (Wildman–Crippen MR) is 76.1 cm³/mol. The fourth-order valence-electron chi connectivity index (χ4n) is 1.73. The first-order valence-corrected chi connectivity index (χ1v) is 7.19. The Morgan fingerprint density at radius 2 is 1.90 bits per heavy atom. The third-order valence-corrected chi connectivity index (χ3v) is 3.96. The van der Waals surface area contributed by atoms with E-state index in [4.69, 9.17) is 0 Å². The summed E-state index contributed by atoms with van der Waals surface area (Å²) in [6, 6.07) is 6.69. The molecule has 1 aromatic carbocycles. The fraction of sp³-hybridized carbons (Fsp3) is 0.250. The minimum absolute atomic E-state index is 0.204. The van der Waals surface area contributed by atoms with Crippen LogP contribution >= 0.6 is 11.8 Å². The molecule has 0 aliphatic rings. The van der Waals surface area contributed by atoms with Gasteiger partial charge in [0, 0.05) is 7.05 Å². The van der Waals surface area contributed by atoms with Crippen LogP contribution in [0.2, 0.25) is 0 Å². The maximum atomic E-state index is 9.32. The van der Waals surface area contributed by atoms with Crippen molar-refractivity contribution in [2.45, 2.75) is 17.8 Å². The quantitative estimate of drug-likeness (QED) is 0.721. The van der Waals surface area contributed by atoms with Gasteiger partial charge in [0.05, 0.1) is 11.4 Å². The maximum absolute atomic E-state index is 9.32. The number of aromatic hydroxyl groups is 1. The van der Waals surface area contributed by atoms with Crippen LogP contribution in [-0.4, -0.2) is 40.1 Å². The molecule has 9 heteroatoms. The van der Waals surface area contributed by atoms with E-state index in [-0.39, 0.29) is 5.75 Å². The summed E-state index contributed by atoms with van der Waals surface area (Å²) in [6.07, 6.45) is 0. The monoisotopic (exact) mass is 303 g/mol. The number of aromatic nitrogens is 7. The summed E-state index contributed by atoms with van der Waals surface area (Å²) in [5.74, 6) is 2.55. The van der Waals surface area contributed by atoms with Gasteiger partial charge < -0.3 is 9.67 Å². The number of aryl methyl sites for hydroxylation is 1. The molecule has 0 aliphatic heterocycles. The molecule has 0 saturated carbocycles. The lowest BCUT2D eigenvalue weighted by Crippen LogP contribution is -2.01. The van der Waals surface area contributed by atoms with E-state index < -0.39 is 0 Å². The minimum Gasteiger partial charge on any atom is -0.508 e. The molecule has 21 heavy (non-hydrogen) atoms. The third-order valence-electron chi connectivity index (χ3n) is 3.05. The summed E-state index contributed by atoms with van der Waals surface area (Å²) in [6.45, 7) is 1.90. The van der Waals surface area contributed by atoms with Crippen molar-refractivity contribution in [1.29, 1.82) is 0 Å². The van der Waals surface area contributed by atoms with E-state index in [0.29, 0.717) is 10.9 Å². The molecule has 3 rings (SSSR count). The Bertz CT molecular complexity index is 749. The smallest absolute Gasteiger partial charge is 0.214 e. The van der Waals surface area contributed by atoms with Crippen LogP contribution in [-0.2, 0) is 12.8 Å². The number of phenols is 1. The van der Waals surface area contributed by atoms with Crippen LogP contribution < -0.4 is 0 Å². The summed E-state index contributed by atoms with van der Waals surface area (Å²) in [5.41, 5.74) is 0.787. The molecule has 0 fully saturated rings. The molecule has 0 aliphatic carbocycles. The SMILES string of the molecule is Cc1nnc(CSc2nnnn2-c2ccc(O)cc2)n1C. The zero-order valence-electron chi connectivity index (χ0n) is 11.5. The number of hydrogen-bond donors (Lipinski definition) is 1. The van der Waals surface area contributed by atoms with Gasteiger partial charge in [-0.05, 0) is 41.6 Å². The number of phenolic OH excluding ortho intramolecular Hbond substituents is 1. The Labute approximate surface area is 124 Å². The zero-order chi connectivity index (χ0) is 14.8. The van der Waals surface area contributed by atoms with E-state index in [0.717, 1.165) is 17.3 Å². The Morgan fingerprint density at radius 1 is 1.14 bits per heavy atom. The minimum atomic E-state index is 0.204. The fourth-order valence-corrected chi connectivity index (χ4v) is 2.60. The van der Waals surface area contributed by atoms with Gasteiger partial charge in [-0.15, -0.1) is 15.3 Å². The molecule has 2 heterocycles. The van der Waals surface area contributed by atoms with Gasteiger partial charge in [0.2, 0.25) is 5.16 Å². The molecule has 3 aromatic rings. The number of nitrogens with zero attached hydrogens (tertiary/aromatic N) is 7. The molecule has 0 radical (unpaired) electrons. The van der Waals surface area contributed by atoms with Crippen LogP contribution in [0.4, 0.5) is 0 Å². The van der Waals surface area contributed by atoms with Gasteiger partial charge in [0.1, 0.15) is 17.4 Å². The van der Waals surface area contributed by atoms with Gasteiger partial charge >= 0.3 is 0 Å². The molecule has 108 valence electrons. The van der Waals surface area contributed by atoms with Gasteiger partial charge in [0.25, 0.3) is 0 Å². The number of tetrazole rings is 1. The van der Waals surface area contributed by atoms with Crippen molar-refractivity contribution >= 4 is 11.8 Å². The first kappa shape index (κ1) is 13.6. The summed E-state index contributed by atoms with van der Waals surface area (Å²) >= 11 is 1.47. The third kappa shape index (κ3) is 2.72. The standard InChI is InChI=1S/C12H13N7OS/c1-8-13-14-11(18(8)2)7-21-12-15-16-17-19(12)9-3-5-10(20)6-4-9/h3-6,20H,7H2,1-2H3. The maximum Gasteiger partial charge on any atom is 0.214 e. The molecular weight excluding hydrogens is 290 g/mol. The van der Waals surface area contributed by atoms with Gasteiger partial charge in [0.15, 0.2) is 0 Å². The average Bonchev–Trinajstić information content (AvgIpc) is 3.07. The molecule has 0 bridgehead atoms. The van der Waals surface area contributed by atoms with Crippen LogP contribution in [0.3, 0.4) is 0 Å². The molecule has 0 unspecified atom stereocenters. The Balaban J connectivity index is 1.80. The Morgan fingerprint density at radius 3 is 2.57 bits per heavy atom. The van der Waals surface area contributed by atoms with Gasteiger partial charge in [-0.3, -0.25) is 0 Å². The average molecular weight is 303 g/mol. The van der Waals surface area contributed by atoms with E-state index in [1.807, 2.05) is 18.5 Å². The van der Waals surface area contributed by atoms with Crippen LogP contribution in [0, 0.1) is 6.92 Å². The van der Waals surface area contributed by atoms with Crippen molar-refractivity contribution in [3.05, 3.63) is 35.9 Å². The van der Waals surface area contributed by atoms with E-state index >= 15 is 0 Å². The Kier molecular flexibility index (Phi) is 3.57.